The molecule has 0 amide bonds. The zero-order chi connectivity index (χ0) is 12.6. The van der Waals surface area contributed by atoms with Crippen LogP contribution in [0.5, 0.6) is 0 Å². The first kappa shape index (κ1) is 13.5. The first-order valence-corrected chi connectivity index (χ1v) is 7.40. The van der Waals surface area contributed by atoms with Gasteiger partial charge in [-0.25, -0.2) is 4.39 Å². The lowest BCUT2D eigenvalue weighted by molar-refractivity contribution is 0.215. The van der Waals surface area contributed by atoms with Gasteiger partial charge in [-0.3, -0.25) is 0 Å². The van der Waals surface area contributed by atoms with Crippen LogP contribution in [0.2, 0.25) is 5.02 Å². The Morgan fingerprint density at radius 1 is 1.35 bits per heavy atom. The summed E-state index contributed by atoms with van der Waals surface area (Å²) in [5.41, 5.74) is 0.808. The number of aliphatic hydroxyl groups excluding tert-OH is 1. The van der Waals surface area contributed by atoms with Crippen LogP contribution in [0.3, 0.4) is 0 Å². The van der Waals surface area contributed by atoms with Crippen LogP contribution in [0.25, 0.3) is 0 Å². The Morgan fingerprint density at radius 3 is 2.65 bits per heavy atom. The van der Waals surface area contributed by atoms with E-state index in [1.54, 1.807) is 17.5 Å². The fourth-order valence-corrected chi connectivity index (χ4v) is 3.07. The van der Waals surface area contributed by atoms with Gasteiger partial charge in [-0.05, 0) is 54.9 Å². The maximum absolute atomic E-state index is 13.9. The van der Waals surface area contributed by atoms with Crippen molar-refractivity contribution < 1.29 is 9.50 Å². The summed E-state index contributed by atoms with van der Waals surface area (Å²) in [6.45, 7) is 0. The van der Waals surface area contributed by atoms with E-state index in [1.165, 1.54) is 17.4 Å². The maximum Gasteiger partial charge on any atom is 0.149 e. The standard InChI is InChI=1S/C11H6Br2ClFOS/c12-7-2-1-6(10(15)9(7)14)11(16)5-3-8(13)17-4-5/h1-4,11,16H. The van der Waals surface area contributed by atoms with Gasteiger partial charge in [-0.2, -0.15) is 0 Å². The molecular formula is C11H6Br2ClFOS. The molecule has 0 aliphatic rings. The van der Waals surface area contributed by atoms with E-state index in [0.29, 0.717) is 10.0 Å². The molecule has 0 saturated carbocycles. The lowest BCUT2D eigenvalue weighted by Gasteiger charge is -2.12. The first-order chi connectivity index (χ1) is 8.00. The molecule has 0 radical (unpaired) electrons. The third-order valence-electron chi connectivity index (χ3n) is 2.26. The van der Waals surface area contributed by atoms with E-state index in [9.17, 15) is 9.50 Å². The monoisotopic (exact) mass is 398 g/mol. The van der Waals surface area contributed by atoms with Gasteiger partial charge in [-0.1, -0.05) is 17.7 Å². The minimum Gasteiger partial charge on any atom is -0.384 e. The highest BCUT2D eigenvalue weighted by Gasteiger charge is 2.19. The average Bonchev–Trinajstić information content (AvgIpc) is 2.72. The van der Waals surface area contributed by atoms with Crippen molar-refractivity contribution in [3.05, 3.63) is 53.8 Å². The Morgan fingerprint density at radius 2 is 2.06 bits per heavy atom. The molecule has 0 bridgehead atoms. The van der Waals surface area contributed by atoms with Gasteiger partial charge in [0.15, 0.2) is 0 Å². The van der Waals surface area contributed by atoms with Crippen LogP contribution in [0, 0.1) is 5.82 Å². The molecule has 1 aromatic carbocycles. The number of thiophene rings is 1. The van der Waals surface area contributed by atoms with E-state index in [1.807, 2.05) is 0 Å². The topological polar surface area (TPSA) is 20.2 Å². The SMILES string of the molecule is OC(c1csc(Br)c1)c1ccc(Br)c(Cl)c1F. The molecule has 1 unspecified atom stereocenters. The van der Waals surface area contributed by atoms with Crippen molar-refractivity contribution in [2.75, 3.05) is 0 Å². The van der Waals surface area contributed by atoms with Gasteiger partial charge in [0, 0.05) is 10.0 Å². The van der Waals surface area contributed by atoms with Crippen LogP contribution < -0.4 is 0 Å². The van der Waals surface area contributed by atoms with Crippen LogP contribution in [0.4, 0.5) is 4.39 Å². The largest absolute Gasteiger partial charge is 0.384 e. The van der Waals surface area contributed by atoms with Crippen molar-refractivity contribution in [3.8, 4) is 0 Å². The zero-order valence-corrected chi connectivity index (χ0v) is 13.0. The molecule has 90 valence electrons. The molecular weight excluding hydrogens is 394 g/mol. The lowest BCUT2D eigenvalue weighted by atomic mass is 10.0. The Hall–Kier alpha value is 0.0600. The van der Waals surface area contributed by atoms with Crippen molar-refractivity contribution in [1.29, 1.82) is 0 Å². The quantitative estimate of drug-likeness (QED) is 0.692. The molecule has 1 atom stereocenters. The lowest BCUT2D eigenvalue weighted by Crippen LogP contribution is -2.02. The molecule has 1 aromatic heterocycles. The third-order valence-corrected chi connectivity index (χ3v) is 5.04. The van der Waals surface area contributed by atoms with Gasteiger partial charge in [0.05, 0.1) is 8.81 Å². The van der Waals surface area contributed by atoms with Gasteiger partial charge in [0.2, 0.25) is 0 Å². The van der Waals surface area contributed by atoms with Crippen LogP contribution in [-0.2, 0) is 0 Å². The maximum atomic E-state index is 13.9. The molecule has 0 fully saturated rings. The summed E-state index contributed by atoms with van der Waals surface area (Å²) in [5.74, 6) is -0.601. The van der Waals surface area contributed by atoms with Crippen molar-refractivity contribution in [2.45, 2.75) is 6.10 Å². The summed E-state index contributed by atoms with van der Waals surface area (Å²) in [6.07, 6.45) is -1.01. The zero-order valence-electron chi connectivity index (χ0n) is 8.25. The average molecular weight is 400 g/mol. The minimum absolute atomic E-state index is 0.0177. The fourth-order valence-electron chi connectivity index (χ4n) is 1.40. The molecule has 17 heavy (non-hydrogen) atoms. The van der Waals surface area contributed by atoms with E-state index in [-0.39, 0.29) is 10.6 Å². The fraction of sp³-hybridized carbons (Fsp3) is 0.0909. The molecule has 1 N–H and O–H groups in total. The van der Waals surface area contributed by atoms with Crippen LogP contribution in [0.15, 0.2) is 31.8 Å². The van der Waals surface area contributed by atoms with Gasteiger partial charge < -0.3 is 5.11 Å². The molecule has 6 heteroatoms. The van der Waals surface area contributed by atoms with Crippen molar-refractivity contribution in [3.63, 3.8) is 0 Å². The number of benzene rings is 1. The number of aliphatic hydroxyl groups is 1. The molecule has 2 rings (SSSR count). The predicted octanol–water partition coefficient (Wildman–Crippen LogP) is 5.15. The van der Waals surface area contributed by atoms with E-state index >= 15 is 0 Å². The number of halogens is 4. The summed E-state index contributed by atoms with van der Waals surface area (Å²) in [5, 5.41) is 11.8. The second-order valence-electron chi connectivity index (χ2n) is 3.35. The van der Waals surface area contributed by atoms with E-state index in [2.05, 4.69) is 31.9 Å². The summed E-state index contributed by atoms with van der Waals surface area (Å²) < 4.78 is 15.2. The first-order valence-electron chi connectivity index (χ1n) is 4.56. The van der Waals surface area contributed by atoms with Crippen LogP contribution in [-0.4, -0.2) is 5.11 Å². The van der Waals surface area contributed by atoms with Gasteiger partial charge in [-0.15, -0.1) is 11.3 Å². The number of hydrogen-bond donors (Lipinski definition) is 1. The highest BCUT2D eigenvalue weighted by Crippen LogP contribution is 2.34. The smallest absolute Gasteiger partial charge is 0.149 e. The van der Waals surface area contributed by atoms with Crippen molar-refractivity contribution in [1.82, 2.24) is 0 Å². The highest BCUT2D eigenvalue weighted by atomic mass is 79.9. The highest BCUT2D eigenvalue weighted by molar-refractivity contribution is 9.11. The van der Waals surface area contributed by atoms with Crippen molar-refractivity contribution >= 4 is 54.8 Å². The molecule has 0 saturated heterocycles. The molecule has 0 aliphatic heterocycles. The number of rotatable bonds is 2. The number of hydrogen-bond acceptors (Lipinski definition) is 2. The Kier molecular flexibility index (Phi) is 4.26. The summed E-state index contributed by atoms with van der Waals surface area (Å²) in [4.78, 5) is 0. The van der Waals surface area contributed by atoms with E-state index in [4.69, 9.17) is 11.6 Å². The van der Waals surface area contributed by atoms with Gasteiger partial charge in [0.1, 0.15) is 11.9 Å². The third kappa shape index (κ3) is 2.74. The summed E-state index contributed by atoms with van der Waals surface area (Å²) in [7, 11) is 0. The summed E-state index contributed by atoms with van der Waals surface area (Å²) in [6, 6.07) is 4.89. The Labute approximate surface area is 123 Å². The second-order valence-corrected chi connectivity index (χ2v) is 6.87. The van der Waals surface area contributed by atoms with Crippen LogP contribution >= 0.6 is 54.8 Å². The van der Waals surface area contributed by atoms with E-state index < -0.39 is 11.9 Å². The molecule has 2 aromatic rings. The minimum atomic E-state index is -1.01. The van der Waals surface area contributed by atoms with E-state index in [0.717, 1.165) is 3.79 Å². The Balaban J connectivity index is 2.44. The van der Waals surface area contributed by atoms with Gasteiger partial charge in [0.25, 0.3) is 0 Å². The predicted molar refractivity (Wildman–Crippen MR) is 75.2 cm³/mol. The van der Waals surface area contributed by atoms with Crippen LogP contribution in [0.1, 0.15) is 17.2 Å². The Bertz CT molecular complexity index is 558. The molecule has 1 nitrogen and oxygen atoms in total. The second kappa shape index (κ2) is 5.36. The van der Waals surface area contributed by atoms with Gasteiger partial charge >= 0.3 is 0 Å². The molecule has 0 spiro atoms. The molecule has 1 heterocycles. The normalized spacial score (nSPS) is 12.8. The summed E-state index contributed by atoms with van der Waals surface area (Å²) >= 11 is 13.6. The van der Waals surface area contributed by atoms with Crippen molar-refractivity contribution in [2.24, 2.45) is 0 Å². The molecule has 0 aliphatic carbocycles.